The summed E-state index contributed by atoms with van der Waals surface area (Å²) in [6.07, 6.45) is 0. The van der Waals surface area contributed by atoms with E-state index in [9.17, 15) is 14.0 Å². The van der Waals surface area contributed by atoms with Crippen LogP contribution in [-0.4, -0.2) is 56.2 Å². The fraction of sp³-hybridized carbons (Fsp3) is 0.300. The highest BCUT2D eigenvalue weighted by atomic mass is 19.1. The Morgan fingerprint density at radius 2 is 1.71 bits per heavy atom. The highest BCUT2D eigenvalue weighted by Gasteiger charge is 2.11. The number of urea groups is 1. The van der Waals surface area contributed by atoms with E-state index in [-0.39, 0.29) is 11.9 Å². The number of nitrogens with zero attached hydrogens (tertiary/aromatic N) is 1. The third-order valence-electron chi connectivity index (χ3n) is 4.28. The summed E-state index contributed by atoms with van der Waals surface area (Å²) in [6.45, 7) is 4.45. The molecule has 1 heterocycles. The molecule has 1 aliphatic heterocycles. The fourth-order valence-electron chi connectivity index (χ4n) is 2.84. The van der Waals surface area contributed by atoms with Gasteiger partial charge in [0.2, 0.25) is 0 Å². The summed E-state index contributed by atoms with van der Waals surface area (Å²) in [4.78, 5) is 26.6. The predicted octanol–water partition coefficient (Wildman–Crippen LogP) is 2.53. The number of benzene rings is 2. The van der Waals surface area contributed by atoms with Gasteiger partial charge >= 0.3 is 6.03 Å². The van der Waals surface area contributed by atoms with Crippen molar-refractivity contribution in [2.45, 2.75) is 0 Å². The van der Waals surface area contributed by atoms with Crippen LogP contribution in [0.2, 0.25) is 0 Å². The van der Waals surface area contributed by atoms with Gasteiger partial charge in [0.15, 0.2) is 0 Å². The number of hydrogen-bond acceptors (Lipinski definition) is 4. The molecule has 0 aliphatic carbocycles. The summed E-state index contributed by atoms with van der Waals surface area (Å²) in [7, 11) is 0. The molecule has 3 N–H and O–H groups in total. The second-order valence-electron chi connectivity index (χ2n) is 6.38. The molecule has 2 aromatic rings. The molecule has 28 heavy (non-hydrogen) atoms. The number of amides is 3. The van der Waals surface area contributed by atoms with Crippen molar-refractivity contribution in [3.63, 3.8) is 0 Å². The van der Waals surface area contributed by atoms with Gasteiger partial charge in [0.05, 0.1) is 13.2 Å². The van der Waals surface area contributed by atoms with Crippen LogP contribution in [0, 0.1) is 5.82 Å². The topological polar surface area (TPSA) is 82.7 Å². The van der Waals surface area contributed by atoms with Crippen molar-refractivity contribution in [2.24, 2.45) is 0 Å². The standard InChI is InChI=1S/C20H23FN4O3/c21-16-4-2-6-18(14-16)23-19(26)15-3-1-5-17(13-15)24-20(27)22-7-8-25-9-11-28-12-10-25/h1-6,13-14H,7-12H2,(H,23,26)(H2,22,24,27). The summed E-state index contributed by atoms with van der Waals surface area (Å²) in [6, 6.07) is 11.9. The van der Waals surface area contributed by atoms with Gasteiger partial charge in [-0.2, -0.15) is 0 Å². The van der Waals surface area contributed by atoms with E-state index in [1.807, 2.05) is 0 Å². The first-order valence-corrected chi connectivity index (χ1v) is 9.12. The summed E-state index contributed by atoms with van der Waals surface area (Å²) in [5, 5.41) is 8.14. The molecular formula is C20H23FN4O3. The Kier molecular flexibility index (Phi) is 6.94. The summed E-state index contributed by atoms with van der Waals surface area (Å²) < 4.78 is 18.5. The largest absolute Gasteiger partial charge is 0.379 e. The molecule has 3 rings (SSSR count). The highest BCUT2D eigenvalue weighted by molar-refractivity contribution is 6.05. The molecule has 0 aromatic heterocycles. The van der Waals surface area contributed by atoms with E-state index in [4.69, 9.17) is 4.74 Å². The molecule has 0 radical (unpaired) electrons. The van der Waals surface area contributed by atoms with Crippen LogP contribution >= 0.6 is 0 Å². The maximum atomic E-state index is 13.2. The quantitative estimate of drug-likeness (QED) is 0.713. The summed E-state index contributed by atoms with van der Waals surface area (Å²) >= 11 is 0. The maximum Gasteiger partial charge on any atom is 0.319 e. The van der Waals surface area contributed by atoms with Crippen molar-refractivity contribution in [1.29, 1.82) is 0 Å². The van der Waals surface area contributed by atoms with Crippen LogP contribution in [0.3, 0.4) is 0 Å². The number of carbonyl (C=O) groups is 2. The van der Waals surface area contributed by atoms with Crippen molar-refractivity contribution in [1.82, 2.24) is 10.2 Å². The minimum absolute atomic E-state index is 0.337. The highest BCUT2D eigenvalue weighted by Crippen LogP contribution is 2.14. The Bertz CT molecular complexity index is 825. The molecule has 8 heteroatoms. The zero-order chi connectivity index (χ0) is 19.8. The molecular weight excluding hydrogens is 363 g/mol. The van der Waals surface area contributed by atoms with Crippen LogP contribution in [-0.2, 0) is 4.74 Å². The van der Waals surface area contributed by atoms with Crippen LogP contribution in [0.15, 0.2) is 48.5 Å². The first-order chi connectivity index (χ1) is 13.6. The molecule has 0 saturated carbocycles. The van der Waals surface area contributed by atoms with Crippen molar-refractivity contribution in [3.8, 4) is 0 Å². The molecule has 148 valence electrons. The van der Waals surface area contributed by atoms with Gasteiger partial charge in [-0.15, -0.1) is 0 Å². The predicted molar refractivity (Wildman–Crippen MR) is 105 cm³/mol. The number of ether oxygens (including phenoxy) is 1. The van der Waals surface area contributed by atoms with Crippen molar-refractivity contribution >= 4 is 23.3 Å². The van der Waals surface area contributed by atoms with E-state index in [0.29, 0.717) is 23.5 Å². The number of carbonyl (C=O) groups excluding carboxylic acids is 2. The monoisotopic (exact) mass is 386 g/mol. The van der Waals surface area contributed by atoms with Crippen LogP contribution in [0.4, 0.5) is 20.6 Å². The number of nitrogens with one attached hydrogen (secondary N) is 3. The Hall–Kier alpha value is -2.97. The smallest absolute Gasteiger partial charge is 0.319 e. The van der Waals surface area contributed by atoms with E-state index < -0.39 is 5.82 Å². The zero-order valence-corrected chi connectivity index (χ0v) is 15.4. The molecule has 3 amide bonds. The molecule has 0 bridgehead atoms. The minimum atomic E-state index is -0.429. The Balaban J connectivity index is 1.49. The van der Waals surface area contributed by atoms with Gasteiger partial charge in [0.1, 0.15) is 5.82 Å². The average molecular weight is 386 g/mol. The van der Waals surface area contributed by atoms with Gasteiger partial charge in [-0.25, -0.2) is 9.18 Å². The second-order valence-corrected chi connectivity index (χ2v) is 6.38. The summed E-state index contributed by atoms with van der Waals surface area (Å²) in [5.41, 5.74) is 1.22. The normalized spacial score (nSPS) is 14.3. The molecule has 0 unspecified atom stereocenters. The van der Waals surface area contributed by atoms with Gasteiger partial charge < -0.3 is 20.7 Å². The fourth-order valence-corrected chi connectivity index (χ4v) is 2.84. The third-order valence-corrected chi connectivity index (χ3v) is 4.28. The summed E-state index contributed by atoms with van der Waals surface area (Å²) in [5.74, 6) is -0.816. The lowest BCUT2D eigenvalue weighted by Crippen LogP contribution is -2.42. The molecule has 0 atom stereocenters. The Morgan fingerprint density at radius 3 is 2.46 bits per heavy atom. The van der Waals surface area contributed by atoms with Gasteiger partial charge in [0.25, 0.3) is 5.91 Å². The molecule has 1 aliphatic rings. The van der Waals surface area contributed by atoms with Crippen LogP contribution < -0.4 is 16.0 Å². The van der Waals surface area contributed by atoms with E-state index in [0.717, 1.165) is 32.8 Å². The average Bonchev–Trinajstić information content (AvgIpc) is 2.69. The lowest BCUT2D eigenvalue weighted by Gasteiger charge is -2.26. The van der Waals surface area contributed by atoms with Crippen molar-refractivity contribution < 1.29 is 18.7 Å². The van der Waals surface area contributed by atoms with Crippen molar-refractivity contribution in [2.75, 3.05) is 50.0 Å². The minimum Gasteiger partial charge on any atom is -0.379 e. The lowest BCUT2D eigenvalue weighted by molar-refractivity contribution is 0.0388. The molecule has 1 saturated heterocycles. The lowest BCUT2D eigenvalue weighted by atomic mass is 10.2. The van der Waals surface area contributed by atoms with Gasteiger partial charge in [-0.3, -0.25) is 9.69 Å². The first kappa shape index (κ1) is 19.8. The van der Waals surface area contributed by atoms with Gasteiger partial charge in [-0.05, 0) is 36.4 Å². The van der Waals surface area contributed by atoms with Crippen LogP contribution in [0.25, 0.3) is 0 Å². The molecule has 7 nitrogen and oxygen atoms in total. The molecule has 2 aromatic carbocycles. The van der Waals surface area contributed by atoms with Gasteiger partial charge in [0, 0.05) is 43.1 Å². The van der Waals surface area contributed by atoms with E-state index >= 15 is 0 Å². The first-order valence-electron chi connectivity index (χ1n) is 9.12. The number of hydrogen-bond donors (Lipinski definition) is 3. The Morgan fingerprint density at radius 1 is 1.00 bits per heavy atom. The van der Waals surface area contributed by atoms with Crippen LogP contribution in [0.5, 0.6) is 0 Å². The van der Waals surface area contributed by atoms with Crippen molar-refractivity contribution in [3.05, 3.63) is 59.9 Å². The number of rotatable bonds is 6. The van der Waals surface area contributed by atoms with Crippen LogP contribution in [0.1, 0.15) is 10.4 Å². The van der Waals surface area contributed by atoms with E-state index in [1.54, 1.807) is 30.3 Å². The van der Waals surface area contributed by atoms with E-state index in [2.05, 4.69) is 20.9 Å². The third kappa shape index (κ3) is 6.04. The Labute approximate surface area is 162 Å². The zero-order valence-electron chi connectivity index (χ0n) is 15.4. The molecule has 0 spiro atoms. The second kappa shape index (κ2) is 9.82. The van der Waals surface area contributed by atoms with Gasteiger partial charge in [-0.1, -0.05) is 12.1 Å². The number of halogens is 1. The number of anilines is 2. The molecule has 1 fully saturated rings. The van der Waals surface area contributed by atoms with E-state index in [1.165, 1.54) is 18.2 Å². The maximum absolute atomic E-state index is 13.2. The SMILES string of the molecule is O=C(NCCN1CCOCC1)Nc1cccc(C(=O)Nc2cccc(F)c2)c1. The number of morpholine rings is 1.